The van der Waals surface area contributed by atoms with Crippen LogP contribution in [0.25, 0.3) is 5.69 Å². The summed E-state index contributed by atoms with van der Waals surface area (Å²) < 4.78 is 1.69. The number of aromatic nitrogens is 3. The number of rotatable bonds is 4. The molecule has 0 spiro atoms. The second-order valence-corrected chi connectivity index (χ2v) is 5.61. The zero-order valence-electron chi connectivity index (χ0n) is 12.3. The Bertz CT molecular complexity index is 685. The molecule has 1 aromatic heterocycles. The molecular weight excluding hydrogens is 284 g/mol. The van der Waals surface area contributed by atoms with Crippen molar-refractivity contribution in [3.05, 3.63) is 41.7 Å². The molecule has 1 fully saturated rings. The SMILES string of the molecule is Cc1ccccc1-n1cc(CN2CC(O)CC2C(=O)O)nn1. The van der Waals surface area contributed by atoms with E-state index >= 15 is 0 Å². The number of nitrogens with zero attached hydrogens (tertiary/aromatic N) is 4. The van der Waals surface area contributed by atoms with Crippen molar-refractivity contribution in [3.63, 3.8) is 0 Å². The maximum Gasteiger partial charge on any atom is 0.321 e. The Balaban J connectivity index is 1.77. The average Bonchev–Trinajstić information content (AvgIpc) is 3.07. The van der Waals surface area contributed by atoms with Gasteiger partial charge >= 0.3 is 5.97 Å². The van der Waals surface area contributed by atoms with Gasteiger partial charge in [-0.1, -0.05) is 23.4 Å². The van der Waals surface area contributed by atoms with Gasteiger partial charge in [0.25, 0.3) is 0 Å². The summed E-state index contributed by atoms with van der Waals surface area (Å²) in [6.45, 7) is 2.70. The molecule has 2 N–H and O–H groups in total. The monoisotopic (exact) mass is 302 g/mol. The molecule has 116 valence electrons. The molecule has 1 saturated heterocycles. The number of aliphatic hydroxyl groups is 1. The van der Waals surface area contributed by atoms with Crippen molar-refractivity contribution in [2.75, 3.05) is 6.54 Å². The van der Waals surface area contributed by atoms with Gasteiger partial charge in [0.1, 0.15) is 6.04 Å². The maximum absolute atomic E-state index is 11.2. The Morgan fingerprint density at radius 1 is 1.41 bits per heavy atom. The van der Waals surface area contributed by atoms with E-state index in [9.17, 15) is 15.0 Å². The van der Waals surface area contributed by atoms with E-state index in [-0.39, 0.29) is 6.42 Å². The van der Waals surface area contributed by atoms with Gasteiger partial charge < -0.3 is 10.2 Å². The van der Waals surface area contributed by atoms with Gasteiger partial charge in [-0.05, 0) is 18.6 Å². The van der Waals surface area contributed by atoms with Crippen LogP contribution in [0.5, 0.6) is 0 Å². The van der Waals surface area contributed by atoms with E-state index in [4.69, 9.17) is 0 Å². The molecule has 0 aliphatic carbocycles. The highest BCUT2D eigenvalue weighted by Gasteiger charge is 2.36. The number of hydrogen-bond acceptors (Lipinski definition) is 5. The molecule has 7 nitrogen and oxygen atoms in total. The third-order valence-electron chi connectivity index (χ3n) is 3.93. The Hall–Kier alpha value is -2.25. The molecule has 3 rings (SSSR count). The minimum absolute atomic E-state index is 0.251. The first-order valence-corrected chi connectivity index (χ1v) is 7.16. The molecule has 7 heteroatoms. The van der Waals surface area contributed by atoms with Gasteiger partial charge in [0.2, 0.25) is 0 Å². The zero-order valence-corrected chi connectivity index (χ0v) is 12.3. The van der Waals surface area contributed by atoms with E-state index < -0.39 is 18.1 Å². The Kier molecular flexibility index (Phi) is 3.91. The second kappa shape index (κ2) is 5.86. The number of hydrogen-bond donors (Lipinski definition) is 2. The van der Waals surface area contributed by atoms with Crippen molar-refractivity contribution in [1.29, 1.82) is 0 Å². The fourth-order valence-electron chi connectivity index (χ4n) is 2.83. The lowest BCUT2D eigenvalue weighted by Gasteiger charge is -2.18. The van der Waals surface area contributed by atoms with Crippen LogP contribution in [-0.4, -0.2) is 54.8 Å². The van der Waals surface area contributed by atoms with E-state index in [1.54, 1.807) is 15.8 Å². The highest BCUT2D eigenvalue weighted by atomic mass is 16.4. The van der Waals surface area contributed by atoms with Crippen LogP contribution in [0.2, 0.25) is 0 Å². The van der Waals surface area contributed by atoms with Crippen LogP contribution in [0.1, 0.15) is 17.7 Å². The molecule has 1 aromatic carbocycles. The van der Waals surface area contributed by atoms with Crippen molar-refractivity contribution in [3.8, 4) is 5.69 Å². The van der Waals surface area contributed by atoms with Crippen LogP contribution < -0.4 is 0 Å². The normalized spacial score (nSPS) is 22.1. The number of carboxylic acids is 1. The molecule has 2 atom stereocenters. The van der Waals surface area contributed by atoms with Gasteiger partial charge in [-0.2, -0.15) is 0 Å². The van der Waals surface area contributed by atoms with Gasteiger partial charge in [-0.25, -0.2) is 4.68 Å². The van der Waals surface area contributed by atoms with Crippen LogP contribution in [0, 0.1) is 6.92 Å². The minimum Gasteiger partial charge on any atom is -0.480 e. The second-order valence-electron chi connectivity index (χ2n) is 5.61. The fourth-order valence-corrected chi connectivity index (χ4v) is 2.83. The lowest BCUT2D eigenvalue weighted by Crippen LogP contribution is -2.35. The van der Waals surface area contributed by atoms with Crippen molar-refractivity contribution in [2.24, 2.45) is 0 Å². The van der Waals surface area contributed by atoms with E-state index in [2.05, 4.69) is 10.3 Å². The molecular formula is C15H18N4O3. The summed E-state index contributed by atoms with van der Waals surface area (Å²) in [5.41, 5.74) is 2.71. The van der Waals surface area contributed by atoms with Gasteiger partial charge in [0.15, 0.2) is 0 Å². The number of likely N-dealkylation sites (tertiary alicyclic amines) is 1. The van der Waals surface area contributed by atoms with E-state index in [1.807, 2.05) is 31.2 Å². The van der Waals surface area contributed by atoms with Crippen molar-refractivity contribution in [1.82, 2.24) is 19.9 Å². The quantitative estimate of drug-likeness (QED) is 0.859. The smallest absolute Gasteiger partial charge is 0.321 e. The molecule has 2 heterocycles. The van der Waals surface area contributed by atoms with Gasteiger partial charge in [-0.3, -0.25) is 9.69 Å². The Labute approximate surface area is 127 Å². The average molecular weight is 302 g/mol. The lowest BCUT2D eigenvalue weighted by molar-refractivity contribution is -0.142. The highest BCUT2D eigenvalue weighted by Crippen LogP contribution is 2.20. The van der Waals surface area contributed by atoms with Gasteiger partial charge in [0, 0.05) is 19.5 Å². The summed E-state index contributed by atoms with van der Waals surface area (Å²) in [7, 11) is 0. The van der Waals surface area contributed by atoms with Crippen LogP contribution in [0.4, 0.5) is 0 Å². The summed E-state index contributed by atoms with van der Waals surface area (Å²) in [6.07, 6.45) is 1.44. The molecule has 2 aromatic rings. The number of aliphatic carboxylic acids is 1. The standard InChI is InChI=1S/C15H18N4O3/c1-10-4-2-3-5-13(10)19-8-11(16-17-19)7-18-9-12(20)6-14(18)15(21)22/h2-5,8,12,14,20H,6-7,9H2,1H3,(H,21,22). The number of carboxylic acid groups (broad SMARTS) is 1. The zero-order chi connectivity index (χ0) is 15.7. The summed E-state index contributed by atoms with van der Waals surface area (Å²) in [6, 6.07) is 7.17. The largest absolute Gasteiger partial charge is 0.480 e. The molecule has 0 radical (unpaired) electrons. The fraction of sp³-hybridized carbons (Fsp3) is 0.400. The van der Waals surface area contributed by atoms with Gasteiger partial charge in [0.05, 0.1) is 23.7 Å². The first-order valence-electron chi connectivity index (χ1n) is 7.16. The molecule has 0 amide bonds. The van der Waals surface area contributed by atoms with Crippen LogP contribution in [-0.2, 0) is 11.3 Å². The summed E-state index contributed by atoms with van der Waals surface area (Å²) in [5.74, 6) is -0.914. The van der Waals surface area contributed by atoms with Crippen molar-refractivity contribution < 1.29 is 15.0 Å². The van der Waals surface area contributed by atoms with Crippen molar-refractivity contribution >= 4 is 5.97 Å². The first-order chi connectivity index (χ1) is 10.5. The summed E-state index contributed by atoms with van der Waals surface area (Å²) in [4.78, 5) is 12.9. The minimum atomic E-state index is -0.914. The van der Waals surface area contributed by atoms with E-state index in [1.165, 1.54) is 0 Å². The number of aliphatic hydroxyl groups excluding tert-OH is 1. The Morgan fingerprint density at radius 2 is 2.18 bits per heavy atom. The maximum atomic E-state index is 11.2. The number of benzene rings is 1. The van der Waals surface area contributed by atoms with Crippen LogP contribution in [0.15, 0.2) is 30.5 Å². The molecule has 1 aliphatic heterocycles. The van der Waals surface area contributed by atoms with Crippen LogP contribution >= 0.6 is 0 Å². The molecule has 22 heavy (non-hydrogen) atoms. The Morgan fingerprint density at radius 3 is 2.91 bits per heavy atom. The number of carbonyl (C=O) groups is 1. The predicted molar refractivity (Wildman–Crippen MR) is 78.6 cm³/mol. The third-order valence-corrected chi connectivity index (χ3v) is 3.93. The summed E-state index contributed by atoms with van der Waals surface area (Å²) >= 11 is 0. The topological polar surface area (TPSA) is 91.5 Å². The number of β-amino-alcohol motifs (C(OH)–C–C–N with tert-alkyl or cyclic N) is 1. The number of para-hydroxylation sites is 1. The highest BCUT2D eigenvalue weighted by molar-refractivity contribution is 5.74. The van der Waals surface area contributed by atoms with E-state index in [0.29, 0.717) is 18.8 Å². The molecule has 0 bridgehead atoms. The molecule has 1 aliphatic rings. The molecule has 2 unspecified atom stereocenters. The lowest BCUT2D eigenvalue weighted by atomic mass is 10.2. The third kappa shape index (κ3) is 2.86. The first kappa shape index (κ1) is 14.7. The molecule has 0 saturated carbocycles. The predicted octanol–water partition coefficient (Wildman–Crippen LogP) is 0.596. The number of aryl methyl sites for hydroxylation is 1. The van der Waals surface area contributed by atoms with Crippen LogP contribution in [0.3, 0.4) is 0 Å². The van der Waals surface area contributed by atoms with E-state index in [0.717, 1.165) is 11.3 Å². The van der Waals surface area contributed by atoms with Crippen molar-refractivity contribution in [2.45, 2.75) is 32.0 Å². The van der Waals surface area contributed by atoms with Gasteiger partial charge in [-0.15, -0.1) is 5.10 Å². The summed E-state index contributed by atoms with van der Waals surface area (Å²) in [5, 5.41) is 27.1.